The topological polar surface area (TPSA) is 52.3 Å². The summed E-state index contributed by atoms with van der Waals surface area (Å²) in [5.41, 5.74) is 6.09. The van der Waals surface area contributed by atoms with Crippen LogP contribution < -0.4 is 10.5 Å². The average molecular weight is 263 g/mol. The van der Waals surface area contributed by atoms with Crippen molar-refractivity contribution in [3.8, 4) is 5.75 Å². The van der Waals surface area contributed by atoms with E-state index in [1.165, 1.54) is 12.8 Å². The van der Waals surface area contributed by atoms with Crippen LogP contribution in [-0.4, -0.2) is 18.9 Å². The first-order chi connectivity index (χ1) is 9.21. The van der Waals surface area contributed by atoms with Crippen LogP contribution in [0.3, 0.4) is 0 Å². The highest BCUT2D eigenvalue weighted by atomic mass is 16.5. The summed E-state index contributed by atoms with van der Waals surface area (Å²) in [4.78, 5) is 11.8. The van der Waals surface area contributed by atoms with Crippen molar-refractivity contribution < 1.29 is 9.53 Å². The lowest BCUT2D eigenvalue weighted by atomic mass is 10.0. The fourth-order valence-corrected chi connectivity index (χ4v) is 2.06. The number of carbonyl (C=O) groups is 1. The summed E-state index contributed by atoms with van der Waals surface area (Å²) in [7, 11) is 0. The fourth-order valence-electron chi connectivity index (χ4n) is 2.06. The maximum Gasteiger partial charge on any atom is 0.164 e. The molecule has 1 rings (SSSR count). The normalized spacial score (nSPS) is 12.2. The van der Waals surface area contributed by atoms with E-state index in [-0.39, 0.29) is 5.78 Å². The van der Waals surface area contributed by atoms with Gasteiger partial charge in [0.1, 0.15) is 5.75 Å². The zero-order valence-electron chi connectivity index (χ0n) is 12.0. The molecule has 0 aromatic heterocycles. The molecule has 1 aromatic rings. The second-order valence-electron chi connectivity index (χ2n) is 4.86. The molecule has 0 radical (unpaired) electrons. The lowest BCUT2D eigenvalue weighted by Gasteiger charge is -2.15. The van der Waals surface area contributed by atoms with Crippen molar-refractivity contribution in [2.24, 2.45) is 11.7 Å². The second kappa shape index (κ2) is 8.70. The summed E-state index contributed by atoms with van der Waals surface area (Å²) in [5.74, 6) is 1.44. The van der Waals surface area contributed by atoms with Gasteiger partial charge in [0.15, 0.2) is 5.78 Å². The fraction of sp³-hybridized carbons (Fsp3) is 0.562. The molecule has 0 saturated heterocycles. The first-order valence-electron chi connectivity index (χ1n) is 7.17. The Balaban J connectivity index is 2.59. The van der Waals surface area contributed by atoms with Crippen LogP contribution in [-0.2, 0) is 0 Å². The van der Waals surface area contributed by atoms with Gasteiger partial charge in [-0.1, -0.05) is 38.8 Å². The van der Waals surface area contributed by atoms with Gasteiger partial charge in [-0.3, -0.25) is 4.79 Å². The minimum absolute atomic E-state index is 0.0774. The third-order valence-corrected chi connectivity index (χ3v) is 3.29. The molecule has 1 atom stereocenters. The van der Waals surface area contributed by atoms with Gasteiger partial charge < -0.3 is 10.5 Å². The van der Waals surface area contributed by atoms with Crippen LogP contribution in [0.15, 0.2) is 24.3 Å². The molecular formula is C16H25NO2. The predicted octanol–water partition coefficient (Wildman–Crippen LogP) is 3.42. The third-order valence-electron chi connectivity index (χ3n) is 3.29. The van der Waals surface area contributed by atoms with E-state index in [1.807, 2.05) is 24.3 Å². The Morgan fingerprint density at radius 3 is 2.79 bits per heavy atom. The summed E-state index contributed by atoms with van der Waals surface area (Å²) in [6.45, 7) is 5.48. The molecule has 19 heavy (non-hydrogen) atoms. The van der Waals surface area contributed by atoms with Crippen molar-refractivity contribution >= 4 is 5.78 Å². The molecule has 0 bridgehead atoms. The third kappa shape index (κ3) is 5.43. The standard InChI is InChI=1S/C16H25NO2/c1-3-6-13(4-2)12-19-15-8-5-7-14(11-15)16(18)9-10-17/h5,7-8,11,13H,3-4,6,9-10,12,17H2,1-2H3. The number of nitrogens with two attached hydrogens (primary N) is 1. The van der Waals surface area contributed by atoms with Crippen molar-refractivity contribution in [2.75, 3.05) is 13.2 Å². The van der Waals surface area contributed by atoms with Gasteiger partial charge >= 0.3 is 0 Å². The van der Waals surface area contributed by atoms with Gasteiger partial charge in [0.2, 0.25) is 0 Å². The monoisotopic (exact) mass is 263 g/mol. The molecule has 1 aromatic carbocycles. The lowest BCUT2D eigenvalue weighted by molar-refractivity contribution is 0.0985. The number of rotatable bonds is 9. The van der Waals surface area contributed by atoms with Gasteiger partial charge in [0, 0.05) is 12.0 Å². The van der Waals surface area contributed by atoms with Gasteiger partial charge in [-0.25, -0.2) is 0 Å². The van der Waals surface area contributed by atoms with Gasteiger partial charge in [0.25, 0.3) is 0 Å². The Morgan fingerprint density at radius 2 is 2.16 bits per heavy atom. The molecular weight excluding hydrogens is 238 g/mol. The molecule has 0 spiro atoms. The van der Waals surface area contributed by atoms with E-state index in [0.29, 0.717) is 24.4 Å². The number of benzene rings is 1. The van der Waals surface area contributed by atoms with Gasteiger partial charge in [0.05, 0.1) is 6.61 Å². The van der Waals surface area contributed by atoms with Crippen LogP contribution in [0.2, 0.25) is 0 Å². The number of Topliss-reactive ketones (excluding diaryl/α,β-unsaturated/α-hetero) is 1. The number of ether oxygens (including phenoxy) is 1. The Labute approximate surface area is 116 Å². The summed E-state index contributed by atoms with van der Waals surface area (Å²) in [6, 6.07) is 7.39. The first kappa shape index (κ1) is 15.7. The van der Waals surface area contributed by atoms with Crippen LogP contribution >= 0.6 is 0 Å². The molecule has 1 unspecified atom stereocenters. The van der Waals surface area contributed by atoms with Crippen molar-refractivity contribution in [1.82, 2.24) is 0 Å². The Hall–Kier alpha value is -1.35. The summed E-state index contributed by atoms with van der Waals surface area (Å²) in [5, 5.41) is 0. The quantitative estimate of drug-likeness (QED) is 0.694. The zero-order valence-corrected chi connectivity index (χ0v) is 12.0. The largest absolute Gasteiger partial charge is 0.493 e. The molecule has 0 heterocycles. The Morgan fingerprint density at radius 1 is 1.37 bits per heavy atom. The molecule has 106 valence electrons. The van der Waals surface area contributed by atoms with Gasteiger partial charge in [-0.05, 0) is 31.0 Å². The minimum atomic E-state index is 0.0774. The second-order valence-corrected chi connectivity index (χ2v) is 4.86. The Bertz CT molecular complexity index is 390. The lowest BCUT2D eigenvalue weighted by Crippen LogP contribution is -2.12. The molecule has 0 aliphatic carbocycles. The van der Waals surface area contributed by atoms with Crippen LogP contribution in [0.25, 0.3) is 0 Å². The molecule has 3 nitrogen and oxygen atoms in total. The van der Waals surface area contributed by atoms with E-state index < -0.39 is 0 Å². The molecule has 0 aliphatic rings. The Kier molecular flexibility index (Phi) is 7.19. The first-order valence-corrected chi connectivity index (χ1v) is 7.17. The maximum absolute atomic E-state index is 11.8. The minimum Gasteiger partial charge on any atom is -0.493 e. The SMILES string of the molecule is CCCC(CC)COc1cccc(C(=O)CCN)c1. The van der Waals surface area contributed by atoms with Crippen LogP contribution in [0.4, 0.5) is 0 Å². The van der Waals surface area contributed by atoms with Gasteiger partial charge in [-0.2, -0.15) is 0 Å². The summed E-state index contributed by atoms with van der Waals surface area (Å²) in [6.07, 6.45) is 3.87. The van der Waals surface area contributed by atoms with Gasteiger partial charge in [-0.15, -0.1) is 0 Å². The molecule has 0 aliphatic heterocycles. The van der Waals surface area contributed by atoms with Crippen molar-refractivity contribution in [3.05, 3.63) is 29.8 Å². The van der Waals surface area contributed by atoms with E-state index in [4.69, 9.17) is 10.5 Å². The zero-order chi connectivity index (χ0) is 14.1. The smallest absolute Gasteiger partial charge is 0.164 e. The van der Waals surface area contributed by atoms with Crippen LogP contribution in [0, 0.1) is 5.92 Å². The van der Waals surface area contributed by atoms with Crippen molar-refractivity contribution in [1.29, 1.82) is 0 Å². The maximum atomic E-state index is 11.8. The number of ketones is 1. The highest BCUT2D eigenvalue weighted by molar-refractivity contribution is 5.96. The van der Waals surface area contributed by atoms with Crippen molar-refractivity contribution in [3.63, 3.8) is 0 Å². The van der Waals surface area contributed by atoms with E-state index in [1.54, 1.807) is 0 Å². The van der Waals surface area contributed by atoms with Crippen LogP contribution in [0.1, 0.15) is 49.9 Å². The molecule has 0 amide bonds. The predicted molar refractivity (Wildman–Crippen MR) is 78.6 cm³/mol. The summed E-state index contributed by atoms with van der Waals surface area (Å²) >= 11 is 0. The van der Waals surface area contributed by atoms with E-state index in [9.17, 15) is 4.79 Å². The van der Waals surface area contributed by atoms with E-state index in [0.717, 1.165) is 18.8 Å². The molecule has 0 fully saturated rings. The highest BCUT2D eigenvalue weighted by Gasteiger charge is 2.08. The summed E-state index contributed by atoms with van der Waals surface area (Å²) < 4.78 is 5.80. The number of hydrogen-bond donors (Lipinski definition) is 1. The molecule has 0 saturated carbocycles. The molecule has 3 heteroatoms. The van der Waals surface area contributed by atoms with E-state index in [2.05, 4.69) is 13.8 Å². The highest BCUT2D eigenvalue weighted by Crippen LogP contribution is 2.18. The van der Waals surface area contributed by atoms with E-state index >= 15 is 0 Å². The number of hydrogen-bond acceptors (Lipinski definition) is 3. The molecule has 2 N–H and O–H groups in total. The average Bonchev–Trinajstić information content (AvgIpc) is 2.44. The van der Waals surface area contributed by atoms with Crippen molar-refractivity contribution in [2.45, 2.75) is 39.5 Å². The number of carbonyl (C=O) groups excluding carboxylic acids is 1. The van der Waals surface area contributed by atoms with Crippen LogP contribution in [0.5, 0.6) is 5.75 Å².